The molecule has 0 unspecified atom stereocenters. The summed E-state index contributed by atoms with van der Waals surface area (Å²) in [4.78, 5) is 0. The summed E-state index contributed by atoms with van der Waals surface area (Å²) in [5.41, 5.74) is 0.715. The van der Waals surface area contributed by atoms with Crippen LogP contribution in [-0.4, -0.2) is 0 Å². The van der Waals surface area contributed by atoms with Crippen LogP contribution >= 0.6 is 15.9 Å². The van der Waals surface area contributed by atoms with Crippen molar-refractivity contribution in [3.63, 3.8) is 0 Å². The van der Waals surface area contributed by atoms with E-state index in [1.54, 1.807) is 6.07 Å². The average molecular weight is 349 g/mol. The molecule has 0 nitrogen and oxygen atoms in total. The average Bonchev–Trinajstić information content (AvgIpc) is 2.49. The van der Waals surface area contributed by atoms with Crippen LogP contribution < -0.4 is 0 Å². The third-order valence-corrected chi connectivity index (χ3v) is 4.82. The summed E-state index contributed by atoms with van der Waals surface area (Å²) in [5, 5.41) is 0. The Labute approximate surface area is 136 Å². The molecular weight excluding hydrogens is 327 g/mol. The van der Waals surface area contributed by atoms with E-state index in [-0.39, 0.29) is 5.82 Å². The molecule has 0 radical (unpaired) electrons. The molecule has 1 aromatic carbocycles. The Morgan fingerprint density at radius 3 is 2.71 bits per heavy atom. The normalized spacial score (nSPS) is 22.0. The summed E-state index contributed by atoms with van der Waals surface area (Å²) in [5.74, 6) is 7.36. The number of hydrogen-bond acceptors (Lipinski definition) is 0. The minimum Gasteiger partial charge on any atom is -0.206 e. The van der Waals surface area contributed by atoms with Crippen molar-refractivity contribution in [3.8, 4) is 11.8 Å². The lowest BCUT2D eigenvalue weighted by Gasteiger charge is -2.26. The lowest BCUT2D eigenvalue weighted by atomic mass is 9.80. The van der Waals surface area contributed by atoms with Gasteiger partial charge in [-0.2, -0.15) is 0 Å². The number of allylic oxidation sites excluding steroid dienone is 2. The Hall–Kier alpha value is -1.07. The highest BCUT2D eigenvalue weighted by molar-refractivity contribution is 9.10. The van der Waals surface area contributed by atoms with Gasteiger partial charge in [-0.1, -0.05) is 37.7 Å². The minimum atomic E-state index is -0.264. The van der Waals surface area contributed by atoms with E-state index in [9.17, 15) is 4.39 Å². The molecule has 0 atom stereocenters. The van der Waals surface area contributed by atoms with Gasteiger partial charge in [0.25, 0.3) is 0 Å². The van der Waals surface area contributed by atoms with Crippen LogP contribution in [0.2, 0.25) is 0 Å². The van der Waals surface area contributed by atoms with Crippen molar-refractivity contribution in [3.05, 3.63) is 46.2 Å². The van der Waals surface area contributed by atoms with Gasteiger partial charge in [0.2, 0.25) is 0 Å². The predicted octanol–water partition coefficient (Wildman–Crippen LogP) is 6.10. The minimum absolute atomic E-state index is 0.264. The largest absolute Gasteiger partial charge is 0.206 e. The van der Waals surface area contributed by atoms with Crippen LogP contribution in [0.15, 0.2) is 34.8 Å². The zero-order chi connectivity index (χ0) is 15.1. The summed E-state index contributed by atoms with van der Waals surface area (Å²) >= 11 is 3.14. The highest BCUT2D eigenvalue weighted by Crippen LogP contribution is 2.32. The van der Waals surface area contributed by atoms with E-state index in [2.05, 4.69) is 40.8 Å². The van der Waals surface area contributed by atoms with Crippen molar-refractivity contribution < 1.29 is 4.39 Å². The van der Waals surface area contributed by atoms with Gasteiger partial charge in [-0.15, -0.1) is 0 Å². The fraction of sp³-hybridized carbons (Fsp3) is 0.474. The fourth-order valence-corrected chi connectivity index (χ4v) is 3.21. The summed E-state index contributed by atoms with van der Waals surface area (Å²) in [6.45, 7) is 2.27. The summed E-state index contributed by atoms with van der Waals surface area (Å²) in [6, 6.07) is 4.98. The second-order valence-electron chi connectivity index (χ2n) is 5.83. The predicted molar refractivity (Wildman–Crippen MR) is 90.5 cm³/mol. The molecule has 2 heteroatoms. The Balaban J connectivity index is 1.83. The van der Waals surface area contributed by atoms with Gasteiger partial charge in [0.1, 0.15) is 5.82 Å². The van der Waals surface area contributed by atoms with Gasteiger partial charge >= 0.3 is 0 Å². The smallest absolute Gasteiger partial charge is 0.138 e. The van der Waals surface area contributed by atoms with E-state index >= 15 is 0 Å². The number of hydrogen-bond donors (Lipinski definition) is 0. The third kappa shape index (κ3) is 5.32. The summed E-state index contributed by atoms with van der Waals surface area (Å²) < 4.78 is 13.8. The number of halogens is 2. The molecule has 21 heavy (non-hydrogen) atoms. The molecule has 112 valence electrons. The molecule has 1 fully saturated rings. The first-order valence-corrected chi connectivity index (χ1v) is 8.61. The Kier molecular flexibility index (Phi) is 6.51. The highest BCUT2D eigenvalue weighted by atomic mass is 79.9. The van der Waals surface area contributed by atoms with E-state index in [1.807, 2.05) is 12.1 Å². The summed E-state index contributed by atoms with van der Waals surface area (Å²) in [6.07, 6.45) is 12.1. The first-order valence-electron chi connectivity index (χ1n) is 7.82. The lowest BCUT2D eigenvalue weighted by molar-refractivity contribution is 0.294. The van der Waals surface area contributed by atoms with Crippen LogP contribution in [0, 0.1) is 29.5 Å². The maximum atomic E-state index is 13.3. The molecule has 0 aliphatic heterocycles. The third-order valence-electron chi connectivity index (χ3n) is 4.18. The van der Waals surface area contributed by atoms with Crippen molar-refractivity contribution in [2.75, 3.05) is 0 Å². The quantitative estimate of drug-likeness (QED) is 0.578. The Morgan fingerprint density at radius 2 is 2.05 bits per heavy atom. The van der Waals surface area contributed by atoms with Gasteiger partial charge in [0.15, 0.2) is 0 Å². The molecule has 0 aromatic heterocycles. The van der Waals surface area contributed by atoms with Crippen LogP contribution in [0.25, 0.3) is 0 Å². The summed E-state index contributed by atoms with van der Waals surface area (Å²) in [7, 11) is 0. The number of benzene rings is 1. The van der Waals surface area contributed by atoms with Gasteiger partial charge in [-0.3, -0.25) is 0 Å². The van der Waals surface area contributed by atoms with Crippen LogP contribution in [0.1, 0.15) is 51.0 Å². The van der Waals surface area contributed by atoms with Crippen LogP contribution in [0.3, 0.4) is 0 Å². The molecule has 1 aliphatic carbocycles. The zero-order valence-corrected chi connectivity index (χ0v) is 14.1. The molecular formula is C19H22BrF. The monoisotopic (exact) mass is 348 g/mol. The van der Waals surface area contributed by atoms with Gasteiger partial charge in [-0.05, 0) is 77.7 Å². The van der Waals surface area contributed by atoms with Crippen LogP contribution in [0.4, 0.5) is 4.39 Å². The van der Waals surface area contributed by atoms with Gasteiger partial charge < -0.3 is 0 Å². The number of rotatable bonds is 3. The van der Waals surface area contributed by atoms with E-state index in [0.29, 0.717) is 16.0 Å². The topological polar surface area (TPSA) is 0 Å². The SMILES string of the molecule is CCCC1CCC(/C=C/C#Cc2ccc(Br)c(F)c2)CC1. The van der Waals surface area contributed by atoms with Crippen LogP contribution in [0.5, 0.6) is 0 Å². The molecule has 0 amide bonds. The van der Waals surface area contributed by atoms with E-state index < -0.39 is 0 Å². The molecule has 0 saturated heterocycles. The van der Waals surface area contributed by atoms with Crippen molar-refractivity contribution in [1.82, 2.24) is 0 Å². The maximum absolute atomic E-state index is 13.3. The van der Waals surface area contributed by atoms with Crippen molar-refractivity contribution >= 4 is 15.9 Å². The fourth-order valence-electron chi connectivity index (χ4n) is 2.96. The van der Waals surface area contributed by atoms with E-state index in [1.165, 1.54) is 44.6 Å². The first kappa shape index (κ1) is 16.3. The molecule has 1 aromatic rings. The van der Waals surface area contributed by atoms with E-state index in [0.717, 1.165) is 5.92 Å². The molecule has 0 bridgehead atoms. The van der Waals surface area contributed by atoms with Gasteiger partial charge in [-0.25, -0.2) is 4.39 Å². The van der Waals surface area contributed by atoms with Gasteiger partial charge in [0, 0.05) is 5.56 Å². The highest BCUT2D eigenvalue weighted by Gasteiger charge is 2.18. The molecule has 1 saturated carbocycles. The molecule has 2 rings (SSSR count). The van der Waals surface area contributed by atoms with Crippen molar-refractivity contribution in [2.24, 2.45) is 11.8 Å². The zero-order valence-electron chi connectivity index (χ0n) is 12.5. The van der Waals surface area contributed by atoms with E-state index in [4.69, 9.17) is 0 Å². The maximum Gasteiger partial charge on any atom is 0.138 e. The van der Waals surface area contributed by atoms with Crippen LogP contribution in [-0.2, 0) is 0 Å². The lowest BCUT2D eigenvalue weighted by Crippen LogP contribution is -2.12. The van der Waals surface area contributed by atoms with Crippen molar-refractivity contribution in [1.29, 1.82) is 0 Å². The molecule has 1 aliphatic rings. The van der Waals surface area contributed by atoms with Gasteiger partial charge in [0.05, 0.1) is 4.47 Å². The standard InChI is InChI=1S/C19H22BrF/c1-2-5-15-8-10-16(11-9-15)6-3-4-7-17-12-13-18(20)19(21)14-17/h3,6,12-16H,2,5,8-11H2,1H3/b6-3+. The Morgan fingerprint density at radius 1 is 1.29 bits per heavy atom. The molecule has 0 N–H and O–H groups in total. The molecule has 0 heterocycles. The second-order valence-corrected chi connectivity index (χ2v) is 6.68. The van der Waals surface area contributed by atoms with Crippen molar-refractivity contribution in [2.45, 2.75) is 45.4 Å². The first-order chi connectivity index (χ1) is 10.2. The molecule has 0 spiro atoms. The second kappa shape index (κ2) is 8.39. The Bertz CT molecular complexity index is 542.